The largest absolute Gasteiger partial charge is 0.478 e. The first-order chi connectivity index (χ1) is 14.0. The van der Waals surface area contributed by atoms with Crippen molar-refractivity contribution in [3.05, 3.63) is 73.1 Å². The number of Topliss-reactive ketones (excluding diaryl/α,β-unsaturated/α-hetero) is 1. The lowest BCUT2D eigenvalue weighted by molar-refractivity contribution is -0.118. The number of carbonyl (C=O) groups is 2. The van der Waals surface area contributed by atoms with Gasteiger partial charge >= 0.3 is 11.7 Å². The van der Waals surface area contributed by atoms with Crippen LogP contribution in [0.3, 0.4) is 0 Å². The first-order valence-corrected chi connectivity index (χ1v) is 9.68. The number of aromatic nitrogens is 2. The summed E-state index contributed by atoms with van der Waals surface area (Å²) in [5, 5.41) is 12.4. The van der Waals surface area contributed by atoms with E-state index in [1.54, 1.807) is 19.2 Å². The molecule has 1 aliphatic heterocycles. The monoisotopic (exact) mass is 409 g/mol. The SMILES string of the molecule is Cn1c2c(c(=O)n(C)c1=O)[C@@H](c1ccc(C(=O)O)cc1)C1=C(CC(C)(C)CC1=O)N2. The zero-order chi connectivity index (χ0) is 22.0. The van der Waals surface area contributed by atoms with Crippen molar-refractivity contribution in [1.82, 2.24) is 9.13 Å². The normalized spacial score (nSPS) is 19.7. The number of hydrogen-bond acceptors (Lipinski definition) is 5. The lowest BCUT2D eigenvalue weighted by Crippen LogP contribution is -2.45. The van der Waals surface area contributed by atoms with Gasteiger partial charge in [0.15, 0.2) is 5.78 Å². The standard InChI is InChI=1S/C22H23N3O5/c1-22(2)9-13-16(14(26)10-22)15(11-5-7-12(8-6-11)20(28)29)17-18(23-13)24(3)21(30)25(4)19(17)27/h5-8,15,23H,9-10H2,1-4H3,(H,28,29)/t15-/m0/s1. The molecule has 156 valence electrons. The maximum atomic E-state index is 13.2. The number of carboxylic acids is 1. The second-order valence-corrected chi connectivity index (χ2v) is 8.79. The summed E-state index contributed by atoms with van der Waals surface area (Å²) in [7, 11) is 2.99. The van der Waals surface area contributed by atoms with E-state index in [0.29, 0.717) is 41.1 Å². The molecule has 8 heteroatoms. The molecule has 4 rings (SSSR count). The van der Waals surface area contributed by atoms with Gasteiger partial charge in [0.1, 0.15) is 5.82 Å². The Labute approximate surface area is 172 Å². The number of anilines is 1. The molecule has 30 heavy (non-hydrogen) atoms. The summed E-state index contributed by atoms with van der Waals surface area (Å²) in [6.45, 7) is 4.01. The number of benzene rings is 1. The molecule has 0 saturated carbocycles. The van der Waals surface area contributed by atoms with Gasteiger partial charge in [0.25, 0.3) is 5.56 Å². The van der Waals surface area contributed by atoms with E-state index in [0.717, 1.165) is 4.57 Å². The molecule has 1 atom stereocenters. The van der Waals surface area contributed by atoms with E-state index in [9.17, 15) is 24.3 Å². The number of hydrogen-bond donors (Lipinski definition) is 2. The van der Waals surface area contributed by atoms with Gasteiger partial charge in [-0.15, -0.1) is 0 Å². The van der Waals surface area contributed by atoms with Crippen LogP contribution in [0.4, 0.5) is 5.82 Å². The van der Waals surface area contributed by atoms with Crippen molar-refractivity contribution in [3.8, 4) is 0 Å². The van der Waals surface area contributed by atoms with E-state index < -0.39 is 23.1 Å². The van der Waals surface area contributed by atoms with Crippen LogP contribution >= 0.6 is 0 Å². The highest BCUT2D eigenvalue weighted by Crippen LogP contribution is 2.47. The van der Waals surface area contributed by atoms with Gasteiger partial charge in [-0.3, -0.25) is 18.7 Å². The minimum atomic E-state index is -1.05. The maximum absolute atomic E-state index is 13.2. The number of fused-ring (bicyclic) bond motifs is 1. The first-order valence-electron chi connectivity index (χ1n) is 9.68. The molecule has 1 aromatic carbocycles. The fourth-order valence-corrected chi connectivity index (χ4v) is 4.50. The van der Waals surface area contributed by atoms with E-state index in [4.69, 9.17) is 0 Å². The molecule has 0 bridgehead atoms. The van der Waals surface area contributed by atoms with Gasteiger partial charge in [-0.25, -0.2) is 9.59 Å². The van der Waals surface area contributed by atoms with Gasteiger partial charge in [-0.1, -0.05) is 26.0 Å². The van der Waals surface area contributed by atoms with E-state index in [2.05, 4.69) is 5.32 Å². The average Bonchev–Trinajstić information content (AvgIpc) is 2.68. The number of carboxylic acid groups (broad SMARTS) is 1. The van der Waals surface area contributed by atoms with Gasteiger partial charge in [0.2, 0.25) is 0 Å². The van der Waals surface area contributed by atoms with Crippen LogP contribution in [0.5, 0.6) is 0 Å². The Morgan fingerprint density at radius 1 is 1.07 bits per heavy atom. The van der Waals surface area contributed by atoms with Crippen LogP contribution in [-0.2, 0) is 18.9 Å². The number of aromatic carboxylic acids is 1. The third kappa shape index (κ3) is 2.91. The van der Waals surface area contributed by atoms with Gasteiger partial charge in [0, 0.05) is 37.7 Å². The van der Waals surface area contributed by atoms with E-state index >= 15 is 0 Å². The minimum absolute atomic E-state index is 0.0531. The highest BCUT2D eigenvalue weighted by molar-refractivity contribution is 6.01. The van der Waals surface area contributed by atoms with Crippen LogP contribution in [0.2, 0.25) is 0 Å². The molecule has 8 nitrogen and oxygen atoms in total. The molecule has 0 spiro atoms. The second kappa shape index (κ2) is 6.55. The Balaban J connectivity index is 2.03. The zero-order valence-corrected chi connectivity index (χ0v) is 17.3. The summed E-state index contributed by atoms with van der Waals surface area (Å²) >= 11 is 0. The van der Waals surface area contributed by atoms with Gasteiger partial charge in [-0.05, 0) is 29.5 Å². The Morgan fingerprint density at radius 3 is 2.30 bits per heavy atom. The Hall–Kier alpha value is -3.42. The van der Waals surface area contributed by atoms with E-state index in [1.807, 2.05) is 13.8 Å². The fraction of sp³-hybridized carbons (Fsp3) is 0.364. The molecular formula is C22H23N3O5. The Morgan fingerprint density at radius 2 is 1.70 bits per heavy atom. The summed E-state index contributed by atoms with van der Waals surface area (Å²) in [5.74, 6) is -1.41. The molecule has 0 fully saturated rings. The van der Waals surface area contributed by atoms with Crippen molar-refractivity contribution in [2.45, 2.75) is 32.6 Å². The van der Waals surface area contributed by atoms with E-state index in [1.165, 1.54) is 23.7 Å². The molecule has 2 aliphatic rings. The van der Waals surface area contributed by atoms with Crippen LogP contribution in [0.1, 0.15) is 54.1 Å². The van der Waals surface area contributed by atoms with Crippen LogP contribution in [0.15, 0.2) is 45.1 Å². The average molecular weight is 409 g/mol. The first kappa shape index (κ1) is 19.9. The number of ketones is 1. The number of nitrogens with zero attached hydrogens (tertiary/aromatic N) is 2. The van der Waals surface area contributed by atoms with Crippen LogP contribution in [0.25, 0.3) is 0 Å². The summed E-state index contributed by atoms with van der Waals surface area (Å²) in [4.78, 5) is 50.1. The lowest BCUT2D eigenvalue weighted by atomic mass is 9.69. The molecule has 1 aromatic heterocycles. The number of nitrogens with one attached hydrogen (secondary N) is 1. The highest BCUT2D eigenvalue weighted by Gasteiger charge is 2.42. The van der Waals surface area contributed by atoms with Gasteiger partial charge < -0.3 is 10.4 Å². The van der Waals surface area contributed by atoms with Gasteiger partial charge in [0.05, 0.1) is 11.1 Å². The van der Waals surface area contributed by atoms with Gasteiger partial charge in [-0.2, -0.15) is 0 Å². The van der Waals surface area contributed by atoms with Crippen LogP contribution < -0.4 is 16.6 Å². The minimum Gasteiger partial charge on any atom is -0.478 e. The van der Waals surface area contributed by atoms with Crippen molar-refractivity contribution in [1.29, 1.82) is 0 Å². The molecule has 2 heterocycles. The Kier molecular flexibility index (Phi) is 4.34. The Bertz CT molecular complexity index is 1250. The lowest BCUT2D eigenvalue weighted by Gasteiger charge is -2.39. The van der Waals surface area contributed by atoms with Crippen LogP contribution in [0, 0.1) is 5.41 Å². The van der Waals surface area contributed by atoms with Crippen molar-refractivity contribution in [3.63, 3.8) is 0 Å². The smallest absolute Gasteiger partial charge is 0.335 e. The highest BCUT2D eigenvalue weighted by atomic mass is 16.4. The topological polar surface area (TPSA) is 110 Å². The molecule has 2 aromatic rings. The third-order valence-electron chi connectivity index (χ3n) is 5.96. The fourth-order valence-electron chi connectivity index (χ4n) is 4.50. The van der Waals surface area contributed by atoms with Crippen molar-refractivity contribution in [2.24, 2.45) is 19.5 Å². The van der Waals surface area contributed by atoms with Crippen molar-refractivity contribution >= 4 is 17.6 Å². The van der Waals surface area contributed by atoms with Crippen LogP contribution in [-0.4, -0.2) is 26.0 Å². The summed E-state index contributed by atoms with van der Waals surface area (Å²) in [6, 6.07) is 6.18. The van der Waals surface area contributed by atoms with Crippen molar-refractivity contribution < 1.29 is 14.7 Å². The summed E-state index contributed by atoms with van der Waals surface area (Å²) in [6.07, 6.45) is 0.944. The van der Waals surface area contributed by atoms with Crippen molar-refractivity contribution in [2.75, 3.05) is 5.32 Å². The number of allylic oxidation sites excluding steroid dienone is 2. The van der Waals surface area contributed by atoms with E-state index in [-0.39, 0.29) is 16.8 Å². The third-order valence-corrected chi connectivity index (χ3v) is 5.96. The molecule has 0 amide bonds. The zero-order valence-electron chi connectivity index (χ0n) is 17.3. The predicted octanol–water partition coefficient (Wildman–Crippen LogP) is 1.98. The molecule has 1 aliphatic carbocycles. The quantitative estimate of drug-likeness (QED) is 0.785. The predicted molar refractivity (Wildman–Crippen MR) is 111 cm³/mol. The second-order valence-electron chi connectivity index (χ2n) is 8.79. The summed E-state index contributed by atoms with van der Waals surface area (Å²) < 4.78 is 2.41. The number of rotatable bonds is 2. The summed E-state index contributed by atoms with van der Waals surface area (Å²) in [5.41, 5.74) is 1.10. The molecule has 0 radical (unpaired) electrons. The molecule has 2 N–H and O–H groups in total. The maximum Gasteiger partial charge on any atom is 0.335 e. The molecule has 0 unspecified atom stereocenters. The molecule has 0 saturated heterocycles. The number of carbonyl (C=O) groups excluding carboxylic acids is 1. The molecular weight excluding hydrogens is 386 g/mol.